The Balaban J connectivity index is 1.28. The normalized spacial score (nSPS) is 21.0. The lowest BCUT2D eigenvalue weighted by molar-refractivity contribution is 0.248. The number of halogens is 1. The minimum atomic E-state index is 0.771. The van der Waals surface area contributed by atoms with Gasteiger partial charge in [-0.25, -0.2) is 0 Å². The molecule has 2 aromatic carbocycles. The van der Waals surface area contributed by atoms with E-state index in [2.05, 4.69) is 46.2 Å². The Kier molecular flexibility index (Phi) is 4.77. The van der Waals surface area contributed by atoms with Gasteiger partial charge in [0.15, 0.2) is 0 Å². The third kappa shape index (κ3) is 3.45. The molecular weight excluding hydrogens is 316 g/mol. The van der Waals surface area contributed by atoms with Crippen LogP contribution in [0, 0.1) is 0 Å². The lowest BCUT2D eigenvalue weighted by Crippen LogP contribution is -2.46. The molecule has 1 unspecified atom stereocenters. The molecule has 24 heavy (non-hydrogen) atoms. The second-order valence-electron chi connectivity index (χ2n) is 7.03. The van der Waals surface area contributed by atoms with Crippen LogP contribution < -0.4 is 4.90 Å². The molecule has 0 radical (unpaired) electrons. The van der Waals surface area contributed by atoms with E-state index in [0.717, 1.165) is 37.1 Å². The van der Waals surface area contributed by atoms with Crippen molar-refractivity contribution in [3.8, 4) is 0 Å². The zero-order chi connectivity index (χ0) is 16.4. The Morgan fingerprint density at radius 3 is 2.62 bits per heavy atom. The van der Waals surface area contributed by atoms with E-state index in [4.69, 9.17) is 11.6 Å². The van der Waals surface area contributed by atoms with E-state index in [9.17, 15) is 0 Å². The van der Waals surface area contributed by atoms with E-state index in [-0.39, 0.29) is 0 Å². The molecule has 1 atom stereocenters. The number of rotatable bonds is 4. The summed E-state index contributed by atoms with van der Waals surface area (Å²) in [6, 6.07) is 17.2. The summed E-state index contributed by atoms with van der Waals surface area (Å²) in [5, 5.41) is 0.829. The van der Waals surface area contributed by atoms with Gasteiger partial charge in [0, 0.05) is 36.9 Å². The van der Waals surface area contributed by atoms with Crippen molar-refractivity contribution in [1.82, 2.24) is 4.90 Å². The maximum Gasteiger partial charge on any atom is 0.0426 e. The van der Waals surface area contributed by atoms with Crippen LogP contribution in [0.2, 0.25) is 5.02 Å². The Morgan fingerprint density at radius 1 is 0.958 bits per heavy atom. The van der Waals surface area contributed by atoms with Crippen molar-refractivity contribution in [2.24, 2.45) is 0 Å². The van der Waals surface area contributed by atoms with E-state index in [1.807, 2.05) is 12.1 Å². The van der Waals surface area contributed by atoms with Crippen LogP contribution in [-0.2, 0) is 6.42 Å². The second-order valence-corrected chi connectivity index (χ2v) is 7.47. The number of benzene rings is 2. The first-order chi connectivity index (χ1) is 11.8. The molecule has 0 bridgehead atoms. The average molecular weight is 341 g/mol. The predicted octanol–water partition coefficient (Wildman–Crippen LogP) is 4.58. The van der Waals surface area contributed by atoms with Crippen LogP contribution in [0.4, 0.5) is 5.69 Å². The summed E-state index contributed by atoms with van der Waals surface area (Å²) in [6.07, 6.45) is 3.90. The number of hydrogen-bond donors (Lipinski definition) is 0. The number of anilines is 1. The van der Waals surface area contributed by atoms with Gasteiger partial charge in [-0.3, -0.25) is 4.90 Å². The van der Waals surface area contributed by atoms with Crippen LogP contribution in [-0.4, -0.2) is 37.6 Å². The number of nitrogens with zero attached hydrogens (tertiary/aromatic N) is 2. The fourth-order valence-corrected chi connectivity index (χ4v) is 4.37. The SMILES string of the molecule is Clc1cccc(N2CCN(CCC3CCc4ccccc43)CC2)c1. The third-order valence-electron chi connectivity index (χ3n) is 5.60. The number of hydrogen-bond acceptors (Lipinski definition) is 2. The highest BCUT2D eigenvalue weighted by atomic mass is 35.5. The van der Waals surface area contributed by atoms with Crippen molar-refractivity contribution in [3.05, 3.63) is 64.7 Å². The molecule has 0 saturated carbocycles. The van der Waals surface area contributed by atoms with Gasteiger partial charge in [-0.05, 0) is 61.1 Å². The van der Waals surface area contributed by atoms with Crippen molar-refractivity contribution in [3.63, 3.8) is 0 Å². The van der Waals surface area contributed by atoms with Crippen LogP contribution in [0.25, 0.3) is 0 Å². The fraction of sp³-hybridized carbons (Fsp3) is 0.429. The molecule has 0 N–H and O–H groups in total. The minimum absolute atomic E-state index is 0.771. The van der Waals surface area contributed by atoms with E-state index in [0.29, 0.717) is 0 Å². The zero-order valence-electron chi connectivity index (χ0n) is 14.1. The monoisotopic (exact) mass is 340 g/mol. The molecule has 3 heteroatoms. The van der Waals surface area contributed by atoms with Crippen molar-refractivity contribution in [2.45, 2.75) is 25.2 Å². The average Bonchev–Trinajstić information content (AvgIpc) is 3.04. The Morgan fingerprint density at radius 2 is 1.79 bits per heavy atom. The Bertz CT molecular complexity index is 692. The highest BCUT2D eigenvalue weighted by molar-refractivity contribution is 6.30. The zero-order valence-corrected chi connectivity index (χ0v) is 14.9. The van der Waals surface area contributed by atoms with E-state index >= 15 is 0 Å². The molecule has 0 aromatic heterocycles. The smallest absolute Gasteiger partial charge is 0.0426 e. The molecule has 2 aromatic rings. The number of piperazine rings is 1. The summed E-state index contributed by atoms with van der Waals surface area (Å²) in [5.74, 6) is 0.771. The topological polar surface area (TPSA) is 6.48 Å². The van der Waals surface area contributed by atoms with Gasteiger partial charge < -0.3 is 4.90 Å². The summed E-state index contributed by atoms with van der Waals surface area (Å²) in [5.41, 5.74) is 4.44. The van der Waals surface area contributed by atoms with Crippen molar-refractivity contribution in [1.29, 1.82) is 0 Å². The molecule has 1 heterocycles. The highest BCUT2D eigenvalue weighted by Gasteiger charge is 2.23. The van der Waals surface area contributed by atoms with Gasteiger partial charge >= 0.3 is 0 Å². The van der Waals surface area contributed by atoms with Gasteiger partial charge in [0.25, 0.3) is 0 Å². The molecule has 126 valence electrons. The van der Waals surface area contributed by atoms with E-state index < -0.39 is 0 Å². The standard InChI is InChI=1S/C21H25ClN2/c22-19-5-3-6-20(16-19)24-14-12-23(13-15-24)11-10-18-9-8-17-4-1-2-7-21(17)18/h1-7,16,18H,8-15H2. The highest BCUT2D eigenvalue weighted by Crippen LogP contribution is 2.35. The molecule has 2 aliphatic rings. The molecule has 4 rings (SSSR count). The summed E-state index contributed by atoms with van der Waals surface area (Å²) in [7, 11) is 0. The molecule has 0 amide bonds. The van der Waals surface area contributed by atoms with Crippen molar-refractivity contribution >= 4 is 17.3 Å². The quantitative estimate of drug-likeness (QED) is 0.803. The molecular formula is C21H25ClN2. The van der Waals surface area contributed by atoms with Crippen molar-refractivity contribution in [2.75, 3.05) is 37.6 Å². The molecule has 0 spiro atoms. The first-order valence-electron chi connectivity index (χ1n) is 9.10. The largest absolute Gasteiger partial charge is 0.369 e. The van der Waals surface area contributed by atoms with E-state index in [1.54, 1.807) is 11.1 Å². The summed E-state index contributed by atoms with van der Waals surface area (Å²) in [6.45, 7) is 5.73. The Labute approximate surface area is 150 Å². The second kappa shape index (κ2) is 7.16. The van der Waals surface area contributed by atoms with Crippen LogP contribution >= 0.6 is 11.6 Å². The molecule has 1 saturated heterocycles. The van der Waals surface area contributed by atoms with Crippen molar-refractivity contribution < 1.29 is 0 Å². The maximum absolute atomic E-state index is 6.12. The third-order valence-corrected chi connectivity index (χ3v) is 5.83. The lowest BCUT2D eigenvalue weighted by Gasteiger charge is -2.36. The van der Waals surface area contributed by atoms with E-state index in [1.165, 1.54) is 31.5 Å². The van der Waals surface area contributed by atoms with Gasteiger partial charge in [0.1, 0.15) is 0 Å². The van der Waals surface area contributed by atoms with Crippen LogP contribution in [0.5, 0.6) is 0 Å². The molecule has 1 aliphatic heterocycles. The Hall–Kier alpha value is -1.51. The minimum Gasteiger partial charge on any atom is -0.369 e. The van der Waals surface area contributed by atoms with Gasteiger partial charge in [-0.1, -0.05) is 41.9 Å². The molecule has 1 fully saturated rings. The number of aryl methyl sites for hydroxylation is 1. The van der Waals surface area contributed by atoms with Gasteiger partial charge in [0.2, 0.25) is 0 Å². The van der Waals surface area contributed by atoms with Gasteiger partial charge in [-0.2, -0.15) is 0 Å². The molecule has 1 aliphatic carbocycles. The summed E-state index contributed by atoms with van der Waals surface area (Å²) >= 11 is 6.12. The first-order valence-corrected chi connectivity index (χ1v) is 9.48. The van der Waals surface area contributed by atoms with Crippen LogP contribution in [0.15, 0.2) is 48.5 Å². The van der Waals surface area contributed by atoms with Gasteiger partial charge in [-0.15, -0.1) is 0 Å². The molecule has 2 nitrogen and oxygen atoms in total. The summed E-state index contributed by atoms with van der Waals surface area (Å²) < 4.78 is 0. The summed E-state index contributed by atoms with van der Waals surface area (Å²) in [4.78, 5) is 5.08. The van der Waals surface area contributed by atoms with Crippen LogP contribution in [0.1, 0.15) is 29.9 Å². The fourth-order valence-electron chi connectivity index (χ4n) is 4.19. The maximum atomic E-state index is 6.12. The van der Waals surface area contributed by atoms with Gasteiger partial charge in [0.05, 0.1) is 0 Å². The lowest BCUT2D eigenvalue weighted by atomic mass is 9.97. The predicted molar refractivity (Wildman–Crippen MR) is 102 cm³/mol. The first kappa shape index (κ1) is 16.0. The van der Waals surface area contributed by atoms with Crippen LogP contribution in [0.3, 0.4) is 0 Å². The number of fused-ring (bicyclic) bond motifs is 1.